The second-order valence-corrected chi connectivity index (χ2v) is 5.39. The number of ether oxygens (including phenoxy) is 1. The molecule has 4 nitrogen and oxygen atoms in total. The first-order valence-corrected chi connectivity index (χ1v) is 7.63. The lowest BCUT2D eigenvalue weighted by molar-refractivity contribution is -0.134. The molecule has 0 aliphatic heterocycles. The first kappa shape index (κ1) is 15.6. The zero-order chi connectivity index (χ0) is 15.2. The van der Waals surface area contributed by atoms with Crippen LogP contribution in [0.25, 0.3) is 10.9 Å². The lowest BCUT2D eigenvalue weighted by atomic mass is 10.1. The Morgan fingerprint density at radius 2 is 2.14 bits per heavy atom. The summed E-state index contributed by atoms with van der Waals surface area (Å²) in [4.78, 5) is 17.1. The van der Waals surface area contributed by atoms with E-state index < -0.39 is 0 Å². The van der Waals surface area contributed by atoms with E-state index in [-0.39, 0.29) is 5.97 Å². The predicted molar refractivity (Wildman–Crippen MR) is 85.7 cm³/mol. The molecule has 0 bridgehead atoms. The largest absolute Gasteiger partial charge is 0.427 e. The van der Waals surface area contributed by atoms with Crippen LogP contribution >= 0.6 is 0 Å². The number of nitrogens with one attached hydrogen (secondary N) is 1. The number of aromatic amines is 1. The number of aromatic nitrogens is 1. The molecular weight excluding hydrogens is 264 g/mol. The van der Waals surface area contributed by atoms with Gasteiger partial charge in [0.25, 0.3) is 0 Å². The standard InChI is InChI=1S/C17H24N2O2/c1-4-6-17(20)21-14-7-8-16-15(11-14)13(12-18-16)9-10-19(3)5-2/h7-8,11-12,18H,4-6,9-10H2,1-3H3. The first-order chi connectivity index (χ1) is 10.1. The average Bonchev–Trinajstić information content (AvgIpc) is 2.87. The number of hydrogen-bond acceptors (Lipinski definition) is 3. The summed E-state index contributed by atoms with van der Waals surface area (Å²) in [5, 5.41) is 1.14. The number of carbonyl (C=O) groups excluding carboxylic acids is 1. The van der Waals surface area contributed by atoms with Crippen molar-refractivity contribution in [2.24, 2.45) is 0 Å². The molecule has 0 unspecified atom stereocenters. The molecule has 21 heavy (non-hydrogen) atoms. The maximum Gasteiger partial charge on any atom is 0.311 e. The monoisotopic (exact) mass is 288 g/mol. The number of benzene rings is 1. The van der Waals surface area contributed by atoms with Crippen LogP contribution in [0.3, 0.4) is 0 Å². The molecular formula is C17H24N2O2. The minimum atomic E-state index is -0.167. The molecule has 1 heterocycles. The molecule has 0 aliphatic rings. The van der Waals surface area contributed by atoms with Crippen molar-refractivity contribution in [1.82, 2.24) is 9.88 Å². The van der Waals surface area contributed by atoms with E-state index in [0.717, 1.165) is 36.8 Å². The molecule has 0 saturated carbocycles. The molecule has 4 heteroatoms. The Kier molecular flexibility index (Phi) is 5.39. The number of fused-ring (bicyclic) bond motifs is 1. The summed E-state index contributed by atoms with van der Waals surface area (Å²) in [7, 11) is 2.12. The summed E-state index contributed by atoms with van der Waals surface area (Å²) in [6.07, 6.45) is 4.29. The van der Waals surface area contributed by atoms with Gasteiger partial charge in [-0.15, -0.1) is 0 Å². The highest BCUT2D eigenvalue weighted by molar-refractivity contribution is 5.85. The number of H-pyrrole nitrogens is 1. The Morgan fingerprint density at radius 3 is 2.86 bits per heavy atom. The van der Waals surface area contributed by atoms with Crippen molar-refractivity contribution in [2.75, 3.05) is 20.1 Å². The molecule has 0 amide bonds. The van der Waals surface area contributed by atoms with Gasteiger partial charge in [0.2, 0.25) is 0 Å². The predicted octanol–water partition coefficient (Wildman–Crippen LogP) is 3.37. The maximum atomic E-state index is 11.6. The fourth-order valence-electron chi connectivity index (χ4n) is 2.28. The highest BCUT2D eigenvalue weighted by Gasteiger charge is 2.08. The number of rotatable bonds is 7. The third kappa shape index (κ3) is 4.08. The Balaban J connectivity index is 2.14. The van der Waals surface area contributed by atoms with Gasteiger partial charge in [-0.3, -0.25) is 4.79 Å². The highest BCUT2D eigenvalue weighted by atomic mass is 16.5. The molecule has 0 atom stereocenters. The van der Waals surface area contributed by atoms with E-state index in [9.17, 15) is 4.79 Å². The van der Waals surface area contributed by atoms with E-state index in [1.54, 1.807) is 0 Å². The SMILES string of the molecule is CCCC(=O)Oc1ccc2[nH]cc(CCN(C)CC)c2c1. The third-order valence-electron chi connectivity index (χ3n) is 3.73. The number of esters is 1. The van der Waals surface area contributed by atoms with Gasteiger partial charge in [-0.25, -0.2) is 0 Å². The number of hydrogen-bond donors (Lipinski definition) is 1. The minimum Gasteiger partial charge on any atom is -0.427 e. The Labute approximate surface area is 126 Å². The molecule has 2 aromatic rings. The van der Waals surface area contributed by atoms with Crippen molar-refractivity contribution < 1.29 is 9.53 Å². The molecule has 114 valence electrons. The van der Waals surface area contributed by atoms with E-state index in [4.69, 9.17) is 4.74 Å². The Morgan fingerprint density at radius 1 is 1.33 bits per heavy atom. The lowest BCUT2D eigenvalue weighted by Crippen LogP contribution is -2.20. The van der Waals surface area contributed by atoms with E-state index in [1.807, 2.05) is 31.3 Å². The van der Waals surface area contributed by atoms with Crippen LogP contribution in [0.5, 0.6) is 5.75 Å². The lowest BCUT2D eigenvalue weighted by Gasteiger charge is -2.12. The normalized spacial score (nSPS) is 11.2. The number of likely N-dealkylation sites (N-methyl/N-ethyl adjacent to an activating group) is 1. The zero-order valence-electron chi connectivity index (χ0n) is 13.1. The Hall–Kier alpha value is -1.81. The van der Waals surface area contributed by atoms with Crippen molar-refractivity contribution in [3.8, 4) is 5.75 Å². The summed E-state index contributed by atoms with van der Waals surface area (Å²) in [5.41, 5.74) is 2.35. The van der Waals surface area contributed by atoms with Gasteiger partial charge in [-0.2, -0.15) is 0 Å². The van der Waals surface area contributed by atoms with Crippen LogP contribution in [0.15, 0.2) is 24.4 Å². The molecule has 0 aliphatic carbocycles. The second kappa shape index (κ2) is 7.27. The van der Waals surface area contributed by atoms with Crippen LogP contribution in [0.2, 0.25) is 0 Å². The molecule has 2 rings (SSSR count). The van der Waals surface area contributed by atoms with Gasteiger partial charge < -0.3 is 14.6 Å². The van der Waals surface area contributed by atoms with Crippen LogP contribution in [0.1, 0.15) is 32.3 Å². The average molecular weight is 288 g/mol. The van der Waals surface area contributed by atoms with Crippen molar-refractivity contribution in [2.45, 2.75) is 33.1 Å². The quantitative estimate of drug-likeness (QED) is 0.627. The fourth-order valence-corrected chi connectivity index (χ4v) is 2.28. The van der Waals surface area contributed by atoms with Crippen LogP contribution in [0.4, 0.5) is 0 Å². The van der Waals surface area contributed by atoms with Gasteiger partial charge in [-0.1, -0.05) is 13.8 Å². The molecule has 0 saturated heterocycles. The van der Waals surface area contributed by atoms with Gasteiger partial charge >= 0.3 is 5.97 Å². The third-order valence-corrected chi connectivity index (χ3v) is 3.73. The summed E-state index contributed by atoms with van der Waals surface area (Å²) >= 11 is 0. The van der Waals surface area contributed by atoms with Gasteiger partial charge in [0.1, 0.15) is 5.75 Å². The second-order valence-electron chi connectivity index (χ2n) is 5.39. The molecule has 1 aromatic heterocycles. The highest BCUT2D eigenvalue weighted by Crippen LogP contribution is 2.24. The van der Waals surface area contributed by atoms with E-state index in [1.165, 1.54) is 5.56 Å². The maximum absolute atomic E-state index is 11.6. The summed E-state index contributed by atoms with van der Waals surface area (Å²) in [6, 6.07) is 5.77. The van der Waals surface area contributed by atoms with Gasteiger partial charge in [0.15, 0.2) is 0 Å². The number of carbonyl (C=O) groups is 1. The van der Waals surface area contributed by atoms with Crippen LogP contribution < -0.4 is 4.74 Å². The van der Waals surface area contributed by atoms with Crippen molar-refractivity contribution >= 4 is 16.9 Å². The summed E-state index contributed by atoms with van der Waals surface area (Å²) in [5.74, 6) is 0.463. The Bertz CT molecular complexity index is 604. The minimum absolute atomic E-state index is 0.167. The first-order valence-electron chi connectivity index (χ1n) is 7.63. The van der Waals surface area contributed by atoms with Crippen LogP contribution in [-0.2, 0) is 11.2 Å². The van der Waals surface area contributed by atoms with E-state index in [0.29, 0.717) is 12.2 Å². The summed E-state index contributed by atoms with van der Waals surface area (Å²) < 4.78 is 5.37. The van der Waals surface area contributed by atoms with Crippen molar-refractivity contribution in [3.05, 3.63) is 30.0 Å². The fraction of sp³-hybridized carbons (Fsp3) is 0.471. The van der Waals surface area contributed by atoms with E-state index in [2.05, 4.69) is 23.9 Å². The molecule has 0 spiro atoms. The molecule has 0 radical (unpaired) electrons. The molecule has 1 aromatic carbocycles. The van der Waals surface area contributed by atoms with Crippen molar-refractivity contribution in [3.63, 3.8) is 0 Å². The van der Waals surface area contributed by atoms with Gasteiger partial charge in [0.05, 0.1) is 0 Å². The van der Waals surface area contributed by atoms with Crippen molar-refractivity contribution in [1.29, 1.82) is 0 Å². The van der Waals surface area contributed by atoms with Gasteiger partial charge in [0, 0.05) is 30.1 Å². The molecule has 0 fully saturated rings. The topological polar surface area (TPSA) is 45.3 Å². The van der Waals surface area contributed by atoms with Crippen LogP contribution in [0, 0.1) is 0 Å². The number of nitrogens with zero attached hydrogens (tertiary/aromatic N) is 1. The smallest absolute Gasteiger partial charge is 0.311 e. The molecule has 1 N–H and O–H groups in total. The zero-order valence-corrected chi connectivity index (χ0v) is 13.1. The van der Waals surface area contributed by atoms with Crippen LogP contribution in [-0.4, -0.2) is 36.0 Å². The summed E-state index contributed by atoms with van der Waals surface area (Å²) in [6.45, 7) is 6.19. The van der Waals surface area contributed by atoms with E-state index >= 15 is 0 Å². The van der Waals surface area contributed by atoms with Gasteiger partial charge in [-0.05, 0) is 50.2 Å².